The van der Waals surface area contributed by atoms with Gasteiger partial charge in [-0.15, -0.1) is 0 Å². The molecule has 0 radical (unpaired) electrons. The summed E-state index contributed by atoms with van der Waals surface area (Å²) in [6, 6.07) is 14.5. The Balaban J connectivity index is 1.45. The van der Waals surface area contributed by atoms with E-state index < -0.39 is 12.1 Å². The summed E-state index contributed by atoms with van der Waals surface area (Å²) >= 11 is 1.19. The van der Waals surface area contributed by atoms with Gasteiger partial charge in [-0.2, -0.15) is 0 Å². The summed E-state index contributed by atoms with van der Waals surface area (Å²) in [5.41, 5.74) is 8.50. The number of hydrogen-bond acceptors (Lipinski definition) is 8. The van der Waals surface area contributed by atoms with Crippen molar-refractivity contribution in [3.05, 3.63) is 65.9 Å². The van der Waals surface area contributed by atoms with Gasteiger partial charge < -0.3 is 26.1 Å². The molecule has 0 unspecified atom stereocenters. The molecule has 31 heavy (non-hydrogen) atoms. The minimum absolute atomic E-state index is 0.0647. The van der Waals surface area contributed by atoms with Crippen LogP contribution in [0.3, 0.4) is 0 Å². The minimum atomic E-state index is -0.521. The Morgan fingerprint density at radius 2 is 1.94 bits per heavy atom. The predicted molar refractivity (Wildman–Crippen MR) is 122 cm³/mol. The number of rotatable bonds is 5. The molecule has 4 rings (SSSR count). The van der Waals surface area contributed by atoms with E-state index in [0.29, 0.717) is 10.9 Å². The van der Waals surface area contributed by atoms with Crippen LogP contribution in [-0.4, -0.2) is 40.9 Å². The SMILES string of the molecule is COC(=O)c1ccccc1NC(=O)CSC1=N[C@@H](c2c[nH]c3ccccc23)N=C(N)N1. The van der Waals surface area contributed by atoms with Gasteiger partial charge in [-0.05, 0) is 18.2 Å². The van der Waals surface area contributed by atoms with Gasteiger partial charge in [0.1, 0.15) is 0 Å². The lowest BCUT2D eigenvalue weighted by atomic mass is 10.1. The van der Waals surface area contributed by atoms with Gasteiger partial charge in [0.25, 0.3) is 0 Å². The van der Waals surface area contributed by atoms with Crippen molar-refractivity contribution in [2.24, 2.45) is 15.7 Å². The highest BCUT2D eigenvalue weighted by atomic mass is 32.2. The van der Waals surface area contributed by atoms with Crippen molar-refractivity contribution < 1.29 is 14.3 Å². The zero-order valence-electron chi connectivity index (χ0n) is 16.6. The first-order valence-electron chi connectivity index (χ1n) is 9.39. The van der Waals surface area contributed by atoms with Crippen molar-refractivity contribution in [2.75, 3.05) is 18.2 Å². The standard InChI is InChI=1S/C21H20N6O3S/c1-30-19(29)13-7-3-5-9-16(13)24-17(28)11-31-21-26-18(25-20(22)27-21)14-10-23-15-8-4-2-6-12(14)15/h2-10,18,23H,11H2,1H3,(H,24,28)(H3,22,25,26,27)/t18-/m0/s1. The van der Waals surface area contributed by atoms with E-state index in [1.165, 1.54) is 18.9 Å². The molecule has 3 aromatic rings. The number of amides is 1. The summed E-state index contributed by atoms with van der Waals surface area (Å²) < 4.78 is 4.75. The third kappa shape index (κ3) is 4.53. The van der Waals surface area contributed by atoms with E-state index in [2.05, 4.69) is 25.6 Å². The van der Waals surface area contributed by atoms with Crippen molar-refractivity contribution >= 4 is 51.4 Å². The molecule has 0 saturated carbocycles. The smallest absolute Gasteiger partial charge is 0.339 e. The van der Waals surface area contributed by atoms with E-state index in [-0.39, 0.29) is 23.2 Å². The van der Waals surface area contributed by atoms with Crippen LogP contribution in [-0.2, 0) is 9.53 Å². The zero-order chi connectivity index (χ0) is 21.8. The van der Waals surface area contributed by atoms with Gasteiger partial charge in [0, 0.05) is 22.7 Å². The first-order chi connectivity index (χ1) is 15.0. The molecule has 2 aromatic carbocycles. The van der Waals surface area contributed by atoms with Crippen LogP contribution in [0.25, 0.3) is 10.9 Å². The monoisotopic (exact) mass is 436 g/mol. The van der Waals surface area contributed by atoms with Crippen LogP contribution in [0.5, 0.6) is 0 Å². The van der Waals surface area contributed by atoms with E-state index >= 15 is 0 Å². The molecule has 0 spiro atoms. The number of guanidine groups is 1. The second kappa shape index (κ2) is 8.92. The number of hydrogen-bond donors (Lipinski definition) is 4. The number of fused-ring (bicyclic) bond motifs is 1. The van der Waals surface area contributed by atoms with Crippen molar-refractivity contribution in [3.8, 4) is 0 Å². The van der Waals surface area contributed by atoms with Gasteiger partial charge in [-0.1, -0.05) is 42.1 Å². The summed E-state index contributed by atoms with van der Waals surface area (Å²) in [6.45, 7) is 0. The maximum atomic E-state index is 12.5. The second-order valence-electron chi connectivity index (χ2n) is 6.61. The van der Waals surface area contributed by atoms with Crippen LogP contribution in [0.1, 0.15) is 22.1 Å². The van der Waals surface area contributed by atoms with Gasteiger partial charge >= 0.3 is 5.97 Å². The highest BCUT2D eigenvalue weighted by molar-refractivity contribution is 8.14. The highest BCUT2D eigenvalue weighted by Gasteiger charge is 2.21. The van der Waals surface area contributed by atoms with Gasteiger partial charge in [-0.3, -0.25) is 4.79 Å². The quantitative estimate of drug-likeness (QED) is 0.454. The number of para-hydroxylation sites is 2. The first kappa shape index (κ1) is 20.5. The number of carbonyl (C=O) groups excluding carboxylic acids is 2. The molecule has 2 heterocycles. The summed E-state index contributed by atoms with van der Waals surface area (Å²) in [6.07, 6.45) is 1.35. The molecule has 5 N–H and O–H groups in total. The zero-order valence-corrected chi connectivity index (χ0v) is 17.4. The van der Waals surface area contributed by atoms with Crippen molar-refractivity contribution in [1.29, 1.82) is 0 Å². The van der Waals surface area contributed by atoms with Gasteiger partial charge in [0.2, 0.25) is 5.91 Å². The number of ether oxygens (including phenoxy) is 1. The number of nitrogens with zero attached hydrogens (tertiary/aromatic N) is 2. The minimum Gasteiger partial charge on any atom is -0.465 e. The molecular weight excluding hydrogens is 416 g/mol. The first-order valence-corrected chi connectivity index (χ1v) is 10.4. The number of carbonyl (C=O) groups is 2. The second-order valence-corrected chi connectivity index (χ2v) is 7.57. The van der Waals surface area contributed by atoms with Crippen LogP contribution in [0.4, 0.5) is 5.69 Å². The lowest BCUT2D eigenvalue weighted by molar-refractivity contribution is -0.113. The molecule has 1 amide bonds. The molecule has 158 valence electrons. The van der Waals surface area contributed by atoms with Crippen LogP contribution >= 0.6 is 11.8 Å². The Morgan fingerprint density at radius 3 is 2.77 bits per heavy atom. The highest BCUT2D eigenvalue weighted by Crippen LogP contribution is 2.29. The number of nitrogens with two attached hydrogens (primary N) is 1. The summed E-state index contributed by atoms with van der Waals surface area (Å²) in [4.78, 5) is 36.5. The number of methoxy groups -OCH3 is 1. The number of aromatic amines is 1. The Hall–Kier alpha value is -3.79. The molecule has 0 aliphatic carbocycles. The number of benzene rings is 2. The number of thioether (sulfide) groups is 1. The van der Waals surface area contributed by atoms with Crippen molar-refractivity contribution in [2.45, 2.75) is 6.17 Å². The fourth-order valence-electron chi connectivity index (χ4n) is 3.17. The van der Waals surface area contributed by atoms with Crippen LogP contribution < -0.4 is 16.4 Å². The Kier molecular flexibility index (Phi) is 5.89. The molecule has 9 nitrogen and oxygen atoms in total. The van der Waals surface area contributed by atoms with Gasteiger partial charge in [-0.25, -0.2) is 14.8 Å². The molecule has 10 heteroatoms. The molecule has 1 aromatic heterocycles. The number of nitrogens with one attached hydrogen (secondary N) is 3. The topological polar surface area (TPSA) is 134 Å². The largest absolute Gasteiger partial charge is 0.465 e. The number of aliphatic imine (C=N–C) groups is 2. The average Bonchev–Trinajstić information content (AvgIpc) is 3.21. The van der Waals surface area contributed by atoms with E-state index in [1.54, 1.807) is 24.3 Å². The van der Waals surface area contributed by atoms with E-state index in [1.807, 2.05) is 30.5 Å². The number of esters is 1. The average molecular weight is 436 g/mol. The predicted octanol–water partition coefficient (Wildman–Crippen LogP) is 2.60. The molecular formula is C21H20N6O3S. The van der Waals surface area contributed by atoms with E-state index in [0.717, 1.165) is 16.5 Å². The number of anilines is 1. The third-order valence-corrected chi connectivity index (χ3v) is 5.47. The number of amidine groups is 1. The van der Waals surface area contributed by atoms with Crippen LogP contribution in [0.2, 0.25) is 0 Å². The third-order valence-electron chi connectivity index (χ3n) is 4.58. The molecule has 0 bridgehead atoms. The summed E-state index contributed by atoms with van der Waals surface area (Å²) in [7, 11) is 1.29. The molecule has 1 aliphatic rings. The molecule has 0 saturated heterocycles. The van der Waals surface area contributed by atoms with Crippen molar-refractivity contribution in [3.63, 3.8) is 0 Å². The maximum Gasteiger partial charge on any atom is 0.339 e. The lowest BCUT2D eigenvalue weighted by Crippen LogP contribution is -2.39. The summed E-state index contributed by atoms with van der Waals surface area (Å²) in [5.74, 6) is -0.526. The fourth-order valence-corrected chi connectivity index (χ4v) is 3.86. The number of H-pyrrole nitrogens is 1. The normalized spacial score (nSPS) is 15.6. The van der Waals surface area contributed by atoms with Crippen molar-refractivity contribution in [1.82, 2.24) is 10.3 Å². The lowest BCUT2D eigenvalue weighted by Gasteiger charge is -2.18. The Bertz CT molecular complexity index is 1200. The molecule has 0 fully saturated rings. The van der Waals surface area contributed by atoms with Crippen LogP contribution in [0.15, 0.2) is 64.7 Å². The number of aromatic nitrogens is 1. The Morgan fingerprint density at radius 1 is 1.16 bits per heavy atom. The fraction of sp³-hybridized carbons (Fsp3) is 0.143. The Labute approximate surface area is 182 Å². The maximum absolute atomic E-state index is 12.5. The van der Waals surface area contributed by atoms with E-state index in [9.17, 15) is 9.59 Å². The van der Waals surface area contributed by atoms with Gasteiger partial charge in [0.05, 0.1) is 24.1 Å². The van der Waals surface area contributed by atoms with E-state index in [4.69, 9.17) is 10.5 Å². The molecule has 1 atom stereocenters. The molecule has 1 aliphatic heterocycles. The van der Waals surface area contributed by atoms with Crippen LogP contribution in [0, 0.1) is 0 Å². The summed E-state index contributed by atoms with van der Waals surface area (Å²) in [5, 5.41) is 7.12. The van der Waals surface area contributed by atoms with Gasteiger partial charge in [0.15, 0.2) is 17.3 Å².